The van der Waals surface area contributed by atoms with Gasteiger partial charge in [0, 0.05) is 13.1 Å². The normalized spacial score (nSPS) is 17.0. The lowest BCUT2D eigenvalue weighted by Crippen LogP contribution is -2.49. The molecule has 0 radical (unpaired) electrons. The predicted octanol–water partition coefficient (Wildman–Crippen LogP) is 1.55. The SMILES string of the molecule is CSCC[C@H](NC(=O)N1CC=C(C)CC1)C(=O)O. The van der Waals surface area contributed by atoms with Gasteiger partial charge in [0.2, 0.25) is 0 Å². The van der Waals surface area contributed by atoms with Crippen molar-refractivity contribution in [1.29, 1.82) is 0 Å². The molecule has 18 heavy (non-hydrogen) atoms. The molecule has 0 spiro atoms. The van der Waals surface area contributed by atoms with Crippen molar-refractivity contribution in [2.45, 2.75) is 25.8 Å². The Hall–Kier alpha value is -1.17. The quantitative estimate of drug-likeness (QED) is 0.745. The number of carboxylic acids is 1. The summed E-state index contributed by atoms with van der Waals surface area (Å²) in [5.74, 6) is -0.253. The molecule has 6 heteroatoms. The summed E-state index contributed by atoms with van der Waals surface area (Å²) in [6.45, 7) is 3.25. The second-order valence-electron chi connectivity index (χ2n) is 4.37. The van der Waals surface area contributed by atoms with Crippen molar-refractivity contribution >= 4 is 23.8 Å². The number of carbonyl (C=O) groups is 2. The van der Waals surface area contributed by atoms with Gasteiger partial charge in [-0.1, -0.05) is 11.6 Å². The number of carbonyl (C=O) groups excluding carboxylic acids is 1. The van der Waals surface area contributed by atoms with Crippen molar-refractivity contribution in [3.63, 3.8) is 0 Å². The van der Waals surface area contributed by atoms with E-state index in [0.29, 0.717) is 19.5 Å². The zero-order valence-electron chi connectivity index (χ0n) is 10.8. The fourth-order valence-corrected chi connectivity index (χ4v) is 2.16. The zero-order chi connectivity index (χ0) is 13.5. The van der Waals surface area contributed by atoms with E-state index in [0.717, 1.165) is 12.2 Å². The fourth-order valence-electron chi connectivity index (χ4n) is 1.69. The lowest BCUT2D eigenvalue weighted by Gasteiger charge is -2.27. The molecular weight excluding hydrogens is 252 g/mol. The van der Waals surface area contributed by atoms with Crippen LogP contribution in [0.25, 0.3) is 0 Å². The van der Waals surface area contributed by atoms with Crippen molar-refractivity contribution < 1.29 is 14.7 Å². The van der Waals surface area contributed by atoms with Gasteiger partial charge in [-0.05, 0) is 31.8 Å². The molecule has 0 aromatic heterocycles. The third kappa shape index (κ3) is 4.60. The third-order valence-electron chi connectivity index (χ3n) is 2.93. The summed E-state index contributed by atoms with van der Waals surface area (Å²) in [5.41, 5.74) is 1.27. The van der Waals surface area contributed by atoms with E-state index in [9.17, 15) is 9.59 Å². The number of rotatable bonds is 5. The Morgan fingerprint density at radius 3 is 2.83 bits per heavy atom. The molecule has 2 N–H and O–H groups in total. The molecule has 1 atom stereocenters. The van der Waals surface area contributed by atoms with Gasteiger partial charge in [-0.15, -0.1) is 0 Å². The van der Waals surface area contributed by atoms with Crippen molar-refractivity contribution in [3.8, 4) is 0 Å². The predicted molar refractivity (Wildman–Crippen MR) is 72.9 cm³/mol. The molecule has 0 fully saturated rings. The third-order valence-corrected chi connectivity index (χ3v) is 3.57. The molecule has 0 saturated carbocycles. The van der Waals surface area contributed by atoms with Crippen molar-refractivity contribution in [1.82, 2.24) is 10.2 Å². The molecule has 0 bridgehead atoms. The van der Waals surface area contributed by atoms with Gasteiger partial charge in [-0.2, -0.15) is 11.8 Å². The highest BCUT2D eigenvalue weighted by Gasteiger charge is 2.23. The molecule has 2 amide bonds. The Morgan fingerprint density at radius 1 is 1.61 bits per heavy atom. The van der Waals surface area contributed by atoms with E-state index < -0.39 is 12.0 Å². The Morgan fingerprint density at radius 2 is 2.33 bits per heavy atom. The number of nitrogens with zero attached hydrogens (tertiary/aromatic N) is 1. The minimum absolute atomic E-state index is 0.285. The number of hydrogen-bond donors (Lipinski definition) is 2. The first-order valence-corrected chi connectivity index (χ1v) is 7.36. The number of amides is 2. The Bertz CT molecular complexity index is 344. The summed E-state index contributed by atoms with van der Waals surface area (Å²) in [6.07, 6.45) is 5.22. The Balaban J connectivity index is 2.48. The van der Waals surface area contributed by atoms with Gasteiger partial charge < -0.3 is 15.3 Å². The Kier molecular flexibility index (Phi) is 6.04. The van der Waals surface area contributed by atoms with Crippen LogP contribution in [-0.2, 0) is 4.79 Å². The summed E-state index contributed by atoms with van der Waals surface area (Å²) >= 11 is 1.57. The van der Waals surface area contributed by atoms with E-state index >= 15 is 0 Å². The van der Waals surface area contributed by atoms with Crippen LogP contribution < -0.4 is 5.32 Å². The summed E-state index contributed by atoms with van der Waals surface area (Å²) in [6, 6.07) is -1.08. The number of hydrogen-bond acceptors (Lipinski definition) is 3. The molecule has 102 valence electrons. The molecule has 0 aliphatic carbocycles. The minimum atomic E-state index is -0.971. The summed E-state index contributed by atoms with van der Waals surface area (Å²) in [5, 5.41) is 11.6. The van der Waals surface area contributed by atoms with Gasteiger partial charge in [0.15, 0.2) is 0 Å². The van der Waals surface area contributed by atoms with E-state index in [1.807, 2.05) is 19.3 Å². The van der Waals surface area contributed by atoms with E-state index in [2.05, 4.69) is 5.32 Å². The first kappa shape index (κ1) is 14.9. The molecule has 1 heterocycles. The van der Waals surface area contributed by atoms with E-state index in [1.54, 1.807) is 16.7 Å². The first-order valence-electron chi connectivity index (χ1n) is 5.97. The van der Waals surface area contributed by atoms with Crippen LogP contribution in [0, 0.1) is 0 Å². The smallest absolute Gasteiger partial charge is 0.326 e. The number of thioether (sulfide) groups is 1. The Labute approximate surface area is 112 Å². The highest BCUT2D eigenvalue weighted by Crippen LogP contribution is 2.10. The highest BCUT2D eigenvalue weighted by molar-refractivity contribution is 7.98. The number of aliphatic carboxylic acids is 1. The molecule has 1 aliphatic rings. The van der Waals surface area contributed by atoms with Gasteiger partial charge in [-0.3, -0.25) is 0 Å². The fraction of sp³-hybridized carbons (Fsp3) is 0.667. The topological polar surface area (TPSA) is 69.6 Å². The van der Waals surface area contributed by atoms with Gasteiger partial charge in [-0.25, -0.2) is 9.59 Å². The van der Waals surface area contributed by atoms with Crippen LogP contribution in [0.3, 0.4) is 0 Å². The van der Waals surface area contributed by atoms with Crippen LogP contribution in [0.5, 0.6) is 0 Å². The van der Waals surface area contributed by atoms with Gasteiger partial charge in [0.25, 0.3) is 0 Å². The average Bonchev–Trinajstić information content (AvgIpc) is 2.34. The second kappa shape index (κ2) is 7.31. The first-order chi connectivity index (χ1) is 8.54. The lowest BCUT2D eigenvalue weighted by molar-refractivity contribution is -0.139. The molecule has 1 aliphatic heterocycles. The van der Waals surface area contributed by atoms with E-state index in [-0.39, 0.29) is 6.03 Å². The van der Waals surface area contributed by atoms with Crippen LogP contribution in [0.15, 0.2) is 11.6 Å². The number of urea groups is 1. The van der Waals surface area contributed by atoms with Crippen LogP contribution >= 0.6 is 11.8 Å². The monoisotopic (exact) mass is 272 g/mol. The van der Waals surface area contributed by atoms with Crippen molar-refractivity contribution in [3.05, 3.63) is 11.6 Å². The molecule has 0 unspecified atom stereocenters. The largest absolute Gasteiger partial charge is 0.480 e. The maximum absolute atomic E-state index is 11.9. The number of nitrogens with one attached hydrogen (secondary N) is 1. The zero-order valence-corrected chi connectivity index (χ0v) is 11.6. The van der Waals surface area contributed by atoms with Gasteiger partial charge in [0.05, 0.1) is 0 Å². The highest BCUT2D eigenvalue weighted by atomic mass is 32.2. The minimum Gasteiger partial charge on any atom is -0.480 e. The maximum Gasteiger partial charge on any atom is 0.326 e. The summed E-state index contributed by atoms with van der Waals surface area (Å²) < 4.78 is 0. The standard InChI is InChI=1S/C12H20N2O3S/c1-9-3-6-14(7-4-9)12(17)13-10(11(15)16)5-8-18-2/h3,10H,4-8H2,1-2H3,(H,13,17)(H,15,16)/t10-/m0/s1. The average molecular weight is 272 g/mol. The van der Waals surface area contributed by atoms with Crippen molar-refractivity contribution in [2.24, 2.45) is 0 Å². The molecule has 0 saturated heterocycles. The van der Waals surface area contributed by atoms with E-state index in [1.165, 1.54) is 5.57 Å². The van der Waals surface area contributed by atoms with Crippen LogP contribution in [0.2, 0.25) is 0 Å². The summed E-state index contributed by atoms with van der Waals surface area (Å²) in [4.78, 5) is 24.6. The summed E-state index contributed by atoms with van der Waals surface area (Å²) in [7, 11) is 0. The van der Waals surface area contributed by atoms with E-state index in [4.69, 9.17) is 5.11 Å². The van der Waals surface area contributed by atoms with Gasteiger partial charge in [0.1, 0.15) is 6.04 Å². The van der Waals surface area contributed by atoms with Crippen molar-refractivity contribution in [2.75, 3.05) is 25.1 Å². The van der Waals surface area contributed by atoms with Crippen LogP contribution in [-0.4, -0.2) is 53.1 Å². The maximum atomic E-state index is 11.9. The van der Waals surface area contributed by atoms with Gasteiger partial charge >= 0.3 is 12.0 Å². The number of carboxylic acid groups (broad SMARTS) is 1. The lowest BCUT2D eigenvalue weighted by atomic mass is 10.1. The molecular formula is C12H20N2O3S. The van der Waals surface area contributed by atoms with Crippen LogP contribution in [0.4, 0.5) is 4.79 Å². The molecule has 0 aromatic rings. The molecule has 5 nitrogen and oxygen atoms in total. The van der Waals surface area contributed by atoms with Crippen LogP contribution in [0.1, 0.15) is 19.8 Å². The molecule has 1 rings (SSSR count). The molecule has 0 aromatic carbocycles. The second-order valence-corrected chi connectivity index (χ2v) is 5.35.